The van der Waals surface area contributed by atoms with Gasteiger partial charge in [-0.3, -0.25) is 4.79 Å². The van der Waals surface area contributed by atoms with Crippen LogP contribution in [0.3, 0.4) is 0 Å². The van der Waals surface area contributed by atoms with Crippen molar-refractivity contribution in [2.75, 3.05) is 0 Å². The molecular weight excluding hydrogens is 342 g/mol. The van der Waals surface area contributed by atoms with Crippen molar-refractivity contribution in [3.63, 3.8) is 0 Å². The first-order valence-corrected chi connectivity index (χ1v) is 8.75. The molecule has 27 heavy (non-hydrogen) atoms. The van der Waals surface area contributed by atoms with Gasteiger partial charge in [0.15, 0.2) is 0 Å². The number of pyridine rings is 1. The van der Waals surface area contributed by atoms with Crippen LogP contribution in [0.2, 0.25) is 0 Å². The van der Waals surface area contributed by atoms with E-state index in [1.807, 2.05) is 61.0 Å². The number of hydrogen-bond acceptors (Lipinski definition) is 5. The molecule has 0 radical (unpaired) electrons. The third-order valence-corrected chi connectivity index (χ3v) is 4.36. The van der Waals surface area contributed by atoms with Crippen LogP contribution in [-0.2, 0) is 0 Å². The third kappa shape index (κ3) is 3.31. The lowest BCUT2D eigenvalue weighted by molar-refractivity contribution is 0.0914. The van der Waals surface area contributed by atoms with E-state index in [2.05, 4.69) is 20.4 Å². The molecule has 1 amide bonds. The molecule has 3 heterocycles. The highest BCUT2D eigenvalue weighted by Crippen LogP contribution is 2.25. The normalized spacial score (nSPS) is 12.4. The Labute approximate surface area is 156 Å². The van der Waals surface area contributed by atoms with Gasteiger partial charge in [0.1, 0.15) is 11.7 Å². The maximum Gasteiger partial charge on any atom is 0.251 e. The largest absolute Gasteiger partial charge is 0.340 e. The van der Waals surface area contributed by atoms with Gasteiger partial charge >= 0.3 is 0 Å². The van der Waals surface area contributed by atoms with Gasteiger partial charge in [-0.1, -0.05) is 37.2 Å². The summed E-state index contributed by atoms with van der Waals surface area (Å²) in [6.45, 7) is 3.99. The van der Waals surface area contributed by atoms with Gasteiger partial charge in [0, 0.05) is 24.2 Å². The molecule has 0 spiro atoms. The highest BCUT2D eigenvalue weighted by Gasteiger charge is 2.25. The Morgan fingerprint density at radius 3 is 2.70 bits per heavy atom. The van der Waals surface area contributed by atoms with E-state index in [4.69, 9.17) is 4.52 Å². The molecule has 7 heteroatoms. The quantitative estimate of drug-likeness (QED) is 0.588. The van der Waals surface area contributed by atoms with Gasteiger partial charge in [-0.2, -0.15) is 4.98 Å². The molecule has 1 unspecified atom stereocenters. The predicted octanol–water partition coefficient (Wildman–Crippen LogP) is 3.51. The van der Waals surface area contributed by atoms with Crippen molar-refractivity contribution in [1.82, 2.24) is 24.8 Å². The summed E-state index contributed by atoms with van der Waals surface area (Å²) >= 11 is 0. The minimum absolute atomic E-state index is 0.0770. The van der Waals surface area contributed by atoms with Gasteiger partial charge in [-0.25, -0.2) is 4.98 Å². The third-order valence-electron chi connectivity index (χ3n) is 4.36. The number of nitrogens with one attached hydrogen (secondary N) is 1. The van der Waals surface area contributed by atoms with Crippen molar-refractivity contribution in [1.29, 1.82) is 0 Å². The van der Waals surface area contributed by atoms with Crippen LogP contribution in [0.4, 0.5) is 0 Å². The molecule has 1 atom stereocenters. The van der Waals surface area contributed by atoms with Crippen molar-refractivity contribution >= 4 is 11.6 Å². The zero-order chi connectivity index (χ0) is 18.8. The van der Waals surface area contributed by atoms with Crippen LogP contribution in [0.1, 0.15) is 36.1 Å². The summed E-state index contributed by atoms with van der Waals surface area (Å²) in [5.74, 6) is 0.719. The standard InChI is InChI=1S/C20H19N5O2/c1-13(2)16(22-19(26)14-7-4-3-5-8-14)20-23-17(24-27-20)15-9-6-11-25-12-10-21-18(15)25/h3-13,16H,1-2H3,(H,22,26). The van der Waals surface area contributed by atoms with E-state index in [-0.39, 0.29) is 11.8 Å². The number of carbonyl (C=O) groups excluding carboxylic acids is 1. The maximum absolute atomic E-state index is 12.5. The topological polar surface area (TPSA) is 85.3 Å². The number of imidazole rings is 1. The molecule has 7 nitrogen and oxygen atoms in total. The van der Waals surface area contributed by atoms with Crippen LogP contribution in [0, 0.1) is 5.92 Å². The van der Waals surface area contributed by atoms with E-state index in [0.717, 1.165) is 11.2 Å². The number of aromatic nitrogens is 4. The zero-order valence-electron chi connectivity index (χ0n) is 15.0. The Balaban J connectivity index is 1.63. The Bertz CT molecular complexity index is 1070. The van der Waals surface area contributed by atoms with Gasteiger partial charge in [-0.15, -0.1) is 0 Å². The van der Waals surface area contributed by atoms with Gasteiger partial charge in [0.25, 0.3) is 5.91 Å². The Kier molecular flexibility index (Phi) is 4.42. The van der Waals surface area contributed by atoms with E-state index in [0.29, 0.717) is 17.3 Å². The van der Waals surface area contributed by atoms with Crippen LogP contribution in [0.25, 0.3) is 17.0 Å². The lowest BCUT2D eigenvalue weighted by Gasteiger charge is -2.18. The minimum Gasteiger partial charge on any atom is -0.340 e. The summed E-state index contributed by atoms with van der Waals surface area (Å²) in [7, 11) is 0. The van der Waals surface area contributed by atoms with Gasteiger partial charge < -0.3 is 14.2 Å². The number of nitrogens with zero attached hydrogens (tertiary/aromatic N) is 4. The molecule has 3 aromatic heterocycles. The van der Waals surface area contributed by atoms with E-state index in [9.17, 15) is 4.79 Å². The predicted molar refractivity (Wildman–Crippen MR) is 100.0 cm³/mol. The fourth-order valence-corrected chi connectivity index (χ4v) is 2.92. The summed E-state index contributed by atoms with van der Waals surface area (Å²) in [6, 6.07) is 12.5. The van der Waals surface area contributed by atoms with Crippen LogP contribution in [-0.4, -0.2) is 25.4 Å². The molecule has 0 saturated carbocycles. The highest BCUT2D eigenvalue weighted by molar-refractivity contribution is 5.94. The van der Waals surface area contributed by atoms with Crippen LogP contribution >= 0.6 is 0 Å². The second-order valence-electron chi connectivity index (χ2n) is 6.60. The van der Waals surface area contributed by atoms with Gasteiger partial charge in [-0.05, 0) is 30.2 Å². The molecule has 4 aromatic rings. The van der Waals surface area contributed by atoms with Crippen molar-refractivity contribution in [2.24, 2.45) is 5.92 Å². The molecule has 1 aromatic carbocycles. The van der Waals surface area contributed by atoms with Crippen LogP contribution < -0.4 is 5.32 Å². The number of rotatable bonds is 5. The van der Waals surface area contributed by atoms with E-state index in [1.54, 1.807) is 18.3 Å². The second kappa shape index (κ2) is 7.03. The van der Waals surface area contributed by atoms with Crippen LogP contribution in [0.15, 0.2) is 65.6 Å². The lowest BCUT2D eigenvalue weighted by atomic mass is 10.0. The molecule has 0 saturated heterocycles. The van der Waals surface area contributed by atoms with Crippen molar-refractivity contribution in [3.05, 3.63) is 72.5 Å². The lowest BCUT2D eigenvalue weighted by Crippen LogP contribution is -2.32. The van der Waals surface area contributed by atoms with E-state index >= 15 is 0 Å². The number of amides is 1. The fraction of sp³-hybridized carbons (Fsp3) is 0.200. The summed E-state index contributed by atoms with van der Waals surface area (Å²) in [4.78, 5) is 21.4. The minimum atomic E-state index is -0.390. The van der Waals surface area contributed by atoms with Crippen molar-refractivity contribution < 1.29 is 9.32 Å². The smallest absolute Gasteiger partial charge is 0.251 e. The number of carbonyl (C=O) groups is 1. The Morgan fingerprint density at radius 1 is 1.11 bits per heavy atom. The molecule has 1 N–H and O–H groups in total. The van der Waals surface area contributed by atoms with E-state index < -0.39 is 6.04 Å². The van der Waals surface area contributed by atoms with Gasteiger partial charge in [0.2, 0.25) is 11.7 Å². The summed E-state index contributed by atoms with van der Waals surface area (Å²) in [6.07, 6.45) is 5.48. The zero-order valence-corrected chi connectivity index (χ0v) is 15.0. The first-order valence-electron chi connectivity index (χ1n) is 8.75. The second-order valence-corrected chi connectivity index (χ2v) is 6.60. The first-order chi connectivity index (χ1) is 13.1. The number of benzene rings is 1. The summed E-state index contributed by atoms with van der Waals surface area (Å²) in [5.41, 5.74) is 2.11. The molecule has 4 rings (SSSR count). The molecule has 0 aliphatic rings. The summed E-state index contributed by atoms with van der Waals surface area (Å²) in [5, 5.41) is 7.10. The van der Waals surface area contributed by atoms with Crippen LogP contribution in [0.5, 0.6) is 0 Å². The van der Waals surface area contributed by atoms with E-state index in [1.165, 1.54) is 0 Å². The SMILES string of the molecule is CC(C)C(NC(=O)c1ccccc1)c1nc(-c2cccn3ccnc23)no1. The molecular formula is C20H19N5O2. The maximum atomic E-state index is 12.5. The first kappa shape index (κ1) is 17.0. The average Bonchev–Trinajstić information content (AvgIpc) is 3.35. The molecule has 0 aliphatic heterocycles. The average molecular weight is 361 g/mol. The van der Waals surface area contributed by atoms with Gasteiger partial charge in [0.05, 0.1) is 5.56 Å². The Morgan fingerprint density at radius 2 is 1.93 bits per heavy atom. The van der Waals surface area contributed by atoms with Crippen molar-refractivity contribution in [3.8, 4) is 11.4 Å². The summed E-state index contributed by atoms with van der Waals surface area (Å²) < 4.78 is 7.38. The monoisotopic (exact) mass is 361 g/mol. The fourth-order valence-electron chi connectivity index (χ4n) is 2.92. The highest BCUT2D eigenvalue weighted by atomic mass is 16.5. The molecule has 136 valence electrons. The molecule has 0 aliphatic carbocycles. The number of fused-ring (bicyclic) bond motifs is 1. The molecule has 0 bridgehead atoms. The number of hydrogen-bond donors (Lipinski definition) is 1. The van der Waals surface area contributed by atoms with Crippen molar-refractivity contribution in [2.45, 2.75) is 19.9 Å². The molecule has 0 fully saturated rings. The Hall–Kier alpha value is -3.48.